The van der Waals surface area contributed by atoms with Crippen LogP contribution in [0.5, 0.6) is 0 Å². The number of carbonyl (C=O) groups excluding carboxylic acids is 1. The highest BCUT2D eigenvalue weighted by molar-refractivity contribution is 9.11. The van der Waals surface area contributed by atoms with E-state index in [0.717, 1.165) is 24.1 Å². The summed E-state index contributed by atoms with van der Waals surface area (Å²) in [5.74, 6) is 0.000427. The summed E-state index contributed by atoms with van der Waals surface area (Å²) >= 11 is 6.65. The van der Waals surface area contributed by atoms with Crippen molar-refractivity contribution in [1.82, 2.24) is 0 Å². The van der Waals surface area contributed by atoms with Crippen LogP contribution < -0.4 is 5.32 Å². The Morgan fingerprint density at radius 2 is 1.74 bits per heavy atom. The molecule has 0 bridgehead atoms. The molecule has 3 rings (SSSR count). The smallest absolute Gasteiger partial charge is 0.229 e. The SMILES string of the molecule is O=C(Cc1ccc(Br)s1)Nc1ccccc1Sc1ccccc1. The van der Waals surface area contributed by atoms with Gasteiger partial charge in [-0.05, 0) is 52.3 Å². The number of rotatable bonds is 5. The molecule has 0 fully saturated rings. The summed E-state index contributed by atoms with van der Waals surface area (Å²) in [6, 6.07) is 22.0. The molecule has 2 aromatic carbocycles. The van der Waals surface area contributed by atoms with Gasteiger partial charge in [0.15, 0.2) is 0 Å². The molecule has 0 aliphatic rings. The lowest BCUT2D eigenvalue weighted by atomic mass is 10.3. The molecule has 0 saturated carbocycles. The second-order valence-corrected chi connectivity index (χ2v) is 8.50. The summed E-state index contributed by atoms with van der Waals surface area (Å²) in [5, 5.41) is 3.02. The van der Waals surface area contributed by atoms with Gasteiger partial charge in [-0.2, -0.15) is 0 Å². The summed E-state index contributed by atoms with van der Waals surface area (Å²) in [4.78, 5) is 15.5. The first-order chi connectivity index (χ1) is 11.2. The molecule has 0 saturated heterocycles. The number of para-hydroxylation sites is 1. The summed E-state index contributed by atoms with van der Waals surface area (Å²) in [7, 11) is 0. The third-order valence-electron chi connectivity index (χ3n) is 3.10. The molecule has 0 unspecified atom stereocenters. The number of hydrogen-bond acceptors (Lipinski definition) is 3. The zero-order valence-corrected chi connectivity index (χ0v) is 15.4. The first-order valence-corrected chi connectivity index (χ1v) is 9.49. The van der Waals surface area contributed by atoms with Crippen molar-refractivity contribution in [3.05, 3.63) is 75.4 Å². The van der Waals surface area contributed by atoms with Crippen molar-refractivity contribution in [2.75, 3.05) is 5.32 Å². The highest BCUT2D eigenvalue weighted by Gasteiger charge is 2.10. The molecule has 0 atom stereocenters. The second-order valence-electron chi connectivity index (χ2n) is 4.84. The summed E-state index contributed by atoms with van der Waals surface area (Å²) in [6.45, 7) is 0. The van der Waals surface area contributed by atoms with E-state index in [1.54, 1.807) is 23.1 Å². The monoisotopic (exact) mass is 403 g/mol. The van der Waals surface area contributed by atoms with Gasteiger partial charge < -0.3 is 5.32 Å². The van der Waals surface area contributed by atoms with Crippen LogP contribution in [-0.2, 0) is 11.2 Å². The number of thiophene rings is 1. The van der Waals surface area contributed by atoms with E-state index in [0.29, 0.717) is 6.42 Å². The molecule has 5 heteroatoms. The van der Waals surface area contributed by atoms with Crippen molar-refractivity contribution in [3.8, 4) is 0 Å². The van der Waals surface area contributed by atoms with E-state index in [-0.39, 0.29) is 5.91 Å². The molecule has 0 radical (unpaired) electrons. The van der Waals surface area contributed by atoms with E-state index in [4.69, 9.17) is 0 Å². The maximum atomic E-state index is 12.3. The Kier molecular flexibility index (Phi) is 5.54. The molecule has 1 heterocycles. The van der Waals surface area contributed by atoms with Crippen molar-refractivity contribution in [2.24, 2.45) is 0 Å². The molecule has 23 heavy (non-hydrogen) atoms. The Hall–Kier alpha value is -1.56. The summed E-state index contributed by atoms with van der Waals surface area (Å²) in [6.07, 6.45) is 0.389. The van der Waals surface area contributed by atoms with Crippen LogP contribution in [0, 0.1) is 0 Å². The zero-order valence-electron chi connectivity index (χ0n) is 12.2. The standard InChI is InChI=1S/C18H14BrNOS2/c19-17-11-10-14(23-17)12-18(21)20-15-8-4-5-9-16(15)22-13-6-2-1-3-7-13/h1-11H,12H2,(H,20,21). The van der Waals surface area contributed by atoms with Crippen LogP contribution in [0.1, 0.15) is 4.88 Å². The van der Waals surface area contributed by atoms with Gasteiger partial charge in [0.1, 0.15) is 0 Å². The van der Waals surface area contributed by atoms with Gasteiger partial charge in [-0.25, -0.2) is 0 Å². The van der Waals surface area contributed by atoms with Crippen molar-refractivity contribution in [3.63, 3.8) is 0 Å². The Balaban J connectivity index is 1.71. The van der Waals surface area contributed by atoms with Gasteiger partial charge in [-0.3, -0.25) is 4.79 Å². The lowest BCUT2D eigenvalue weighted by Gasteiger charge is -2.10. The minimum atomic E-state index is 0.000427. The fourth-order valence-electron chi connectivity index (χ4n) is 2.07. The molecule has 0 spiro atoms. The summed E-state index contributed by atoms with van der Waals surface area (Å²) in [5.41, 5.74) is 0.849. The van der Waals surface area contributed by atoms with Crippen LogP contribution >= 0.6 is 39.0 Å². The minimum Gasteiger partial charge on any atom is -0.325 e. The first kappa shape index (κ1) is 16.3. The lowest BCUT2D eigenvalue weighted by molar-refractivity contribution is -0.115. The first-order valence-electron chi connectivity index (χ1n) is 7.07. The van der Waals surface area contributed by atoms with Crippen LogP contribution in [0.15, 0.2) is 80.3 Å². The molecule has 0 aliphatic carbocycles. The van der Waals surface area contributed by atoms with Crippen LogP contribution in [0.4, 0.5) is 5.69 Å². The quantitative estimate of drug-likeness (QED) is 0.579. The average molecular weight is 404 g/mol. The molecular formula is C18H14BrNOS2. The number of halogens is 1. The Morgan fingerprint density at radius 3 is 2.48 bits per heavy atom. The Morgan fingerprint density at radius 1 is 1.00 bits per heavy atom. The number of hydrogen-bond donors (Lipinski definition) is 1. The van der Waals surface area contributed by atoms with Gasteiger partial charge in [-0.15, -0.1) is 11.3 Å². The molecule has 1 aromatic heterocycles. The third kappa shape index (κ3) is 4.70. The zero-order chi connectivity index (χ0) is 16.1. The number of anilines is 1. The number of benzene rings is 2. The highest BCUT2D eigenvalue weighted by atomic mass is 79.9. The predicted octanol–water partition coefficient (Wildman–Crippen LogP) is 5.84. The van der Waals surface area contributed by atoms with Crippen molar-refractivity contribution in [2.45, 2.75) is 16.2 Å². The van der Waals surface area contributed by atoms with E-state index in [1.807, 2.05) is 54.6 Å². The van der Waals surface area contributed by atoms with Crippen LogP contribution in [0.25, 0.3) is 0 Å². The maximum absolute atomic E-state index is 12.3. The Bertz CT molecular complexity index is 802. The van der Waals surface area contributed by atoms with Crippen molar-refractivity contribution < 1.29 is 4.79 Å². The van der Waals surface area contributed by atoms with Gasteiger partial charge in [0.25, 0.3) is 0 Å². The van der Waals surface area contributed by atoms with Gasteiger partial charge >= 0.3 is 0 Å². The Labute approximate surface area is 152 Å². The van der Waals surface area contributed by atoms with Gasteiger partial charge in [-0.1, -0.05) is 42.1 Å². The van der Waals surface area contributed by atoms with Gasteiger partial charge in [0, 0.05) is 14.7 Å². The fraction of sp³-hybridized carbons (Fsp3) is 0.0556. The van der Waals surface area contributed by atoms with Crippen LogP contribution in [-0.4, -0.2) is 5.91 Å². The van der Waals surface area contributed by atoms with Gasteiger partial charge in [0.2, 0.25) is 5.91 Å². The molecule has 0 aliphatic heterocycles. The van der Waals surface area contributed by atoms with Crippen molar-refractivity contribution >= 4 is 50.6 Å². The molecular weight excluding hydrogens is 390 g/mol. The van der Waals surface area contributed by atoms with E-state index in [1.165, 1.54) is 0 Å². The molecule has 1 N–H and O–H groups in total. The number of carbonyl (C=O) groups is 1. The lowest BCUT2D eigenvalue weighted by Crippen LogP contribution is -2.14. The average Bonchev–Trinajstić information content (AvgIpc) is 2.95. The third-order valence-corrected chi connectivity index (χ3v) is 5.80. The van der Waals surface area contributed by atoms with Crippen molar-refractivity contribution in [1.29, 1.82) is 0 Å². The van der Waals surface area contributed by atoms with E-state index in [2.05, 4.69) is 33.4 Å². The second kappa shape index (κ2) is 7.81. The van der Waals surface area contributed by atoms with Gasteiger partial charge in [0.05, 0.1) is 15.9 Å². The largest absolute Gasteiger partial charge is 0.325 e. The fourth-order valence-corrected chi connectivity index (χ4v) is 4.48. The van der Waals surface area contributed by atoms with E-state index >= 15 is 0 Å². The van der Waals surface area contributed by atoms with E-state index < -0.39 is 0 Å². The summed E-state index contributed by atoms with van der Waals surface area (Å²) < 4.78 is 1.04. The maximum Gasteiger partial charge on any atom is 0.229 e. The molecule has 2 nitrogen and oxygen atoms in total. The minimum absolute atomic E-state index is 0.000427. The molecule has 3 aromatic rings. The van der Waals surface area contributed by atoms with E-state index in [9.17, 15) is 4.79 Å². The number of amides is 1. The topological polar surface area (TPSA) is 29.1 Å². The normalized spacial score (nSPS) is 10.5. The molecule has 116 valence electrons. The number of nitrogens with one attached hydrogen (secondary N) is 1. The predicted molar refractivity (Wildman–Crippen MR) is 101 cm³/mol. The van der Waals surface area contributed by atoms with Crippen LogP contribution in [0.2, 0.25) is 0 Å². The highest BCUT2D eigenvalue weighted by Crippen LogP contribution is 2.33. The van der Waals surface area contributed by atoms with Crippen LogP contribution in [0.3, 0.4) is 0 Å². The molecule has 1 amide bonds.